The molecular weight excluding hydrogens is 372 g/mol. The lowest BCUT2D eigenvalue weighted by Crippen LogP contribution is -2.67. The number of ether oxygens (including phenoxy) is 2. The van der Waals surface area contributed by atoms with Gasteiger partial charge in [0.1, 0.15) is 0 Å². The summed E-state index contributed by atoms with van der Waals surface area (Å²) in [6, 6.07) is 0.724. The highest BCUT2D eigenvalue weighted by Crippen LogP contribution is 2.39. The van der Waals surface area contributed by atoms with Gasteiger partial charge in [0.25, 0.3) is 0 Å². The number of rotatable bonds is 6. The zero-order valence-corrected chi connectivity index (χ0v) is 17.7. The molecule has 5 atom stereocenters. The molecule has 0 bridgehead atoms. The van der Waals surface area contributed by atoms with E-state index in [2.05, 4.69) is 5.32 Å². The minimum atomic E-state index is -0.260. The fourth-order valence-corrected chi connectivity index (χ4v) is 5.38. The third-order valence-corrected chi connectivity index (χ3v) is 7.20. The van der Waals surface area contributed by atoms with E-state index in [1.54, 1.807) is 6.92 Å². The predicted molar refractivity (Wildman–Crippen MR) is 108 cm³/mol. The molecule has 2 aliphatic carbocycles. The van der Waals surface area contributed by atoms with Gasteiger partial charge in [0.15, 0.2) is 6.10 Å². The Kier molecular flexibility index (Phi) is 6.32. The molecule has 29 heavy (non-hydrogen) atoms. The summed E-state index contributed by atoms with van der Waals surface area (Å²) in [5, 5.41) is 3.62. The van der Waals surface area contributed by atoms with E-state index >= 15 is 0 Å². The van der Waals surface area contributed by atoms with Gasteiger partial charge in [0, 0.05) is 25.6 Å². The van der Waals surface area contributed by atoms with Crippen molar-refractivity contribution in [2.24, 2.45) is 17.6 Å². The second-order valence-corrected chi connectivity index (χ2v) is 9.36. The van der Waals surface area contributed by atoms with Crippen molar-refractivity contribution in [2.45, 2.75) is 76.2 Å². The number of nitrogens with two attached hydrogens (primary N) is 1. The number of fused-ring (bicyclic) bond motifs is 1. The number of carbonyl (C=O) groups excluding carboxylic acids is 2. The van der Waals surface area contributed by atoms with Crippen LogP contribution in [-0.2, 0) is 14.3 Å². The molecule has 0 aromatic heterocycles. The van der Waals surface area contributed by atoms with E-state index in [9.17, 15) is 9.59 Å². The van der Waals surface area contributed by atoms with Gasteiger partial charge < -0.3 is 30.3 Å². The minimum Gasteiger partial charge on any atom is -0.441 e. The molecule has 4 unspecified atom stereocenters. The molecule has 0 aromatic carbocycles. The van der Waals surface area contributed by atoms with E-state index in [4.69, 9.17) is 15.2 Å². The number of hydrogen-bond acceptors (Lipinski definition) is 6. The molecule has 3 N–H and O–H groups in total. The summed E-state index contributed by atoms with van der Waals surface area (Å²) in [7, 11) is 0. The molecule has 0 radical (unpaired) electrons. The zero-order valence-electron chi connectivity index (χ0n) is 17.7. The van der Waals surface area contributed by atoms with E-state index in [0.29, 0.717) is 44.2 Å². The Balaban J connectivity index is 1.48. The SMILES string of the molecule is CC(=O)N1C2CCC(C(CN)CNC3CC3)CC2N(C(=O)OC2COC2)C[C@@H]1C. The van der Waals surface area contributed by atoms with Gasteiger partial charge in [0.05, 0.1) is 25.3 Å². The van der Waals surface area contributed by atoms with Crippen molar-refractivity contribution in [3.8, 4) is 0 Å². The van der Waals surface area contributed by atoms with E-state index in [0.717, 1.165) is 25.8 Å². The summed E-state index contributed by atoms with van der Waals surface area (Å²) in [5.41, 5.74) is 6.14. The third kappa shape index (κ3) is 4.54. The van der Waals surface area contributed by atoms with Crippen LogP contribution in [0.15, 0.2) is 0 Å². The number of carbonyl (C=O) groups is 2. The lowest BCUT2D eigenvalue weighted by atomic mass is 9.73. The van der Waals surface area contributed by atoms with Crippen LogP contribution in [0.1, 0.15) is 46.0 Å². The maximum atomic E-state index is 13.0. The molecule has 164 valence electrons. The highest BCUT2D eigenvalue weighted by Gasteiger charge is 2.48. The van der Waals surface area contributed by atoms with Gasteiger partial charge in [0.2, 0.25) is 5.91 Å². The van der Waals surface area contributed by atoms with Crippen LogP contribution >= 0.6 is 0 Å². The van der Waals surface area contributed by atoms with Crippen molar-refractivity contribution < 1.29 is 19.1 Å². The Hall–Kier alpha value is -1.38. The first-order valence-corrected chi connectivity index (χ1v) is 11.2. The topological polar surface area (TPSA) is 97.1 Å². The maximum Gasteiger partial charge on any atom is 0.410 e. The van der Waals surface area contributed by atoms with E-state index in [-0.39, 0.29) is 36.2 Å². The summed E-state index contributed by atoms with van der Waals surface area (Å²) >= 11 is 0. The molecular formula is C21H36N4O4. The largest absolute Gasteiger partial charge is 0.441 e. The Bertz CT molecular complexity index is 609. The fourth-order valence-electron chi connectivity index (χ4n) is 5.38. The highest BCUT2D eigenvalue weighted by atomic mass is 16.6. The first-order chi connectivity index (χ1) is 14.0. The molecule has 2 saturated heterocycles. The van der Waals surface area contributed by atoms with Crippen LogP contribution < -0.4 is 11.1 Å². The van der Waals surface area contributed by atoms with Crippen molar-refractivity contribution in [2.75, 3.05) is 32.8 Å². The fraction of sp³-hybridized carbons (Fsp3) is 0.905. The normalized spacial score (nSPS) is 33.6. The predicted octanol–water partition coefficient (Wildman–Crippen LogP) is 0.939. The molecule has 2 aliphatic heterocycles. The summed E-state index contributed by atoms with van der Waals surface area (Å²) in [5.74, 6) is 0.953. The molecule has 0 spiro atoms. The summed E-state index contributed by atoms with van der Waals surface area (Å²) in [4.78, 5) is 29.2. The summed E-state index contributed by atoms with van der Waals surface area (Å²) < 4.78 is 10.8. The zero-order chi connectivity index (χ0) is 20.5. The first kappa shape index (κ1) is 20.9. The van der Waals surface area contributed by atoms with Crippen molar-refractivity contribution in [3.63, 3.8) is 0 Å². The van der Waals surface area contributed by atoms with Gasteiger partial charge in [-0.3, -0.25) is 4.79 Å². The van der Waals surface area contributed by atoms with Gasteiger partial charge in [-0.1, -0.05) is 0 Å². The lowest BCUT2D eigenvalue weighted by molar-refractivity contribution is -0.145. The van der Waals surface area contributed by atoms with E-state index in [1.165, 1.54) is 12.8 Å². The van der Waals surface area contributed by atoms with E-state index in [1.807, 2.05) is 16.7 Å². The van der Waals surface area contributed by atoms with Crippen molar-refractivity contribution in [1.82, 2.24) is 15.1 Å². The molecule has 8 nitrogen and oxygen atoms in total. The maximum absolute atomic E-state index is 13.0. The van der Waals surface area contributed by atoms with Crippen LogP contribution in [-0.4, -0.2) is 84.9 Å². The number of piperazine rings is 1. The van der Waals surface area contributed by atoms with Crippen molar-refractivity contribution >= 4 is 12.0 Å². The van der Waals surface area contributed by atoms with Crippen LogP contribution in [0, 0.1) is 11.8 Å². The highest BCUT2D eigenvalue weighted by molar-refractivity contribution is 5.75. The summed E-state index contributed by atoms with van der Waals surface area (Å²) in [6.07, 6.45) is 4.97. The molecule has 4 fully saturated rings. The van der Waals surface area contributed by atoms with Crippen LogP contribution in [0.2, 0.25) is 0 Å². The average Bonchev–Trinajstić information content (AvgIpc) is 3.48. The minimum absolute atomic E-state index is 0.00247. The third-order valence-electron chi connectivity index (χ3n) is 7.20. The average molecular weight is 409 g/mol. The molecule has 2 saturated carbocycles. The standard InChI is InChI=1S/C21H36N4O4/c1-13-10-24(21(27)29-18-11-28-12-18)20-7-15(3-6-19(20)25(13)14(2)26)16(8-22)9-23-17-4-5-17/h13,15-20,23H,3-12,22H2,1-2H3/t13-,15?,16?,19?,20?/m0/s1. The number of hydrogen-bond donors (Lipinski definition) is 2. The van der Waals surface area contributed by atoms with Crippen LogP contribution in [0.3, 0.4) is 0 Å². The lowest BCUT2D eigenvalue weighted by Gasteiger charge is -2.54. The summed E-state index contributed by atoms with van der Waals surface area (Å²) in [6.45, 7) is 6.74. The Labute approximate surface area is 173 Å². The Morgan fingerprint density at radius 2 is 1.97 bits per heavy atom. The number of nitrogens with one attached hydrogen (secondary N) is 1. The number of nitrogens with zero attached hydrogens (tertiary/aromatic N) is 2. The molecule has 0 aromatic rings. The smallest absolute Gasteiger partial charge is 0.410 e. The Morgan fingerprint density at radius 3 is 2.55 bits per heavy atom. The van der Waals surface area contributed by atoms with Gasteiger partial charge in [-0.2, -0.15) is 0 Å². The second kappa shape index (κ2) is 8.78. The van der Waals surface area contributed by atoms with Gasteiger partial charge in [-0.15, -0.1) is 0 Å². The second-order valence-electron chi connectivity index (χ2n) is 9.36. The monoisotopic (exact) mass is 408 g/mol. The first-order valence-electron chi connectivity index (χ1n) is 11.2. The number of amides is 2. The molecule has 4 rings (SSSR count). The van der Waals surface area contributed by atoms with Gasteiger partial charge in [-0.05, 0) is 64.0 Å². The molecule has 4 aliphatic rings. The van der Waals surface area contributed by atoms with Gasteiger partial charge in [-0.25, -0.2) is 4.79 Å². The molecule has 2 heterocycles. The quantitative estimate of drug-likeness (QED) is 0.679. The Morgan fingerprint density at radius 1 is 1.21 bits per heavy atom. The molecule has 2 amide bonds. The van der Waals surface area contributed by atoms with Crippen LogP contribution in [0.5, 0.6) is 0 Å². The van der Waals surface area contributed by atoms with Gasteiger partial charge >= 0.3 is 6.09 Å². The van der Waals surface area contributed by atoms with Crippen LogP contribution in [0.25, 0.3) is 0 Å². The van der Waals surface area contributed by atoms with E-state index < -0.39 is 0 Å². The van der Waals surface area contributed by atoms with Crippen molar-refractivity contribution in [3.05, 3.63) is 0 Å². The van der Waals surface area contributed by atoms with Crippen LogP contribution in [0.4, 0.5) is 4.79 Å². The molecule has 8 heteroatoms. The van der Waals surface area contributed by atoms with Crippen molar-refractivity contribution in [1.29, 1.82) is 0 Å².